The first-order valence-electron chi connectivity index (χ1n) is 5.48. The molecule has 0 aliphatic rings. The molecule has 0 aromatic heterocycles. The Balaban J connectivity index is 3.32. The molecule has 2 nitrogen and oxygen atoms in total. The number of aliphatic hydroxyl groups excluding tert-OH is 1. The van der Waals surface area contributed by atoms with Gasteiger partial charge < -0.3 is 10.4 Å². The number of thioether (sulfide) groups is 1. The zero-order chi connectivity index (χ0) is 11.0. The van der Waals surface area contributed by atoms with Gasteiger partial charge in [0.05, 0.1) is 0 Å². The molecule has 2 N–H and O–H groups in total. The Morgan fingerprint density at radius 2 is 1.79 bits per heavy atom. The summed E-state index contributed by atoms with van der Waals surface area (Å²) in [4.78, 5) is 0. The first-order valence-corrected chi connectivity index (χ1v) is 6.63. The van der Waals surface area contributed by atoms with Gasteiger partial charge in [-0.15, -0.1) is 0 Å². The maximum Gasteiger partial charge on any atom is 0.0468 e. The van der Waals surface area contributed by atoms with Crippen molar-refractivity contribution >= 4 is 11.8 Å². The standard InChI is InChI=1S/C11H25NOS/c1-9(2)7-14-8-11(4)12-5-10(3)6-13/h9-13H,5-8H2,1-4H3. The van der Waals surface area contributed by atoms with Crippen LogP contribution >= 0.6 is 11.8 Å². The number of nitrogens with one attached hydrogen (secondary N) is 1. The summed E-state index contributed by atoms with van der Waals surface area (Å²) in [6, 6.07) is 0.549. The molecular weight excluding hydrogens is 194 g/mol. The van der Waals surface area contributed by atoms with E-state index in [4.69, 9.17) is 5.11 Å². The SMILES string of the molecule is CC(C)CSCC(C)NCC(C)CO. The fourth-order valence-corrected chi connectivity index (χ4v) is 2.09. The van der Waals surface area contributed by atoms with Gasteiger partial charge in [0.1, 0.15) is 0 Å². The highest BCUT2D eigenvalue weighted by atomic mass is 32.2. The van der Waals surface area contributed by atoms with E-state index in [1.807, 2.05) is 11.8 Å². The summed E-state index contributed by atoms with van der Waals surface area (Å²) in [5.41, 5.74) is 0. The Morgan fingerprint density at radius 1 is 1.14 bits per heavy atom. The van der Waals surface area contributed by atoms with Crippen molar-refractivity contribution < 1.29 is 5.11 Å². The van der Waals surface area contributed by atoms with Crippen LogP contribution in [-0.4, -0.2) is 35.8 Å². The van der Waals surface area contributed by atoms with E-state index in [0.29, 0.717) is 12.0 Å². The van der Waals surface area contributed by atoms with E-state index in [-0.39, 0.29) is 6.61 Å². The van der Waals surface area contributed by atoms with Crippen molar-refractivity contribution in [2.45, 2.75) is 33.7 Å². The molecule has 2 atom stereocenters. The van der Waals surface area contributed by atoms with E-state index in [1.54, 1.807) is 0 Å². The maximum atomic E-state index is 8.85. The molecule has 0 aromatic rings. The van der Waals surface area contributed by atoms with Crippen LogP contribution in [0.1, 0.15) is 27.7 Å². The van der Waals surface area contributed by atoms with Gasteiger partial charge in [-0.3, -0.25) is 0 Å². The van der Waals surface area contributed by atoms with Gasteiger partial charge in [0.15, 0.2) is 0 Å². The van der Waals surface area contributed by atoms with Crippen molar-refractivity contribution in [3.8, 4) is 0 Å². The molecule has 0 bridgehead atoms. The first kappa shape index (κ1) is 14.3. The molecular formula is C11H25NOS. The van der Waals surface area contributed by atoms with E-state index in [2.05, 4.69) is 33.0 Å². The molecule has 0 heterocycles. The van der Waals surface area contributed by atoms with Gasteiger partial charge in [0.2, 0.25) is 0 Å². The zero-order valence-electron chi connectivity index (χ0n) is 9.92. The van der Waals surface area contributed by atoms with Gasteiger partial charge in [-0.05, 0) is 24.5 Å². The highest BCUT2D eigenvalue weighted by Gasteiger charge is 2.05. The molecule has 0 radical (unpaired) electrons. The van der Waals surface area contributed by atoms with Gasteiger partial charge in [-0.25, -0.2) is 0 Å². The molecule has 86 valence electrons. The molecule has 0 rings (SSSR count). The van der Waals surface area contributed by atoms with Crippen LogP contribution < -0.4 is 5.32 Å². The Morgan fingerprint density at radius 3 is 2.29 bits per heavy atom. The number of aliphatic hydroxyl groups is 1. The molecule has 0 aliphatic heterocycles. The average Bonchev–Trinajstić information content (AvgIpc) is 2.13. The molecule has 0 saturated carbocycles. The summed E-state index contributed by atoms with van der Waals surface area (Å²) in [6.45, 7) is 9.95. The fraction of sp³-hybridized carbons (Fsp3) is 1.00. The maximum absolute atomic E-state index is 8.85. The van der Waals surface area contributed by atoms with Gasteiger partial charge >= 0.3 is 0 Å². The minimum absolute atomic E-state index is 0.277. The van der Waals surface area contributed by atoms with Gasteiger partial charge in [-0.2, -0.15) is 11.8 Å². The van der Waals surface area contributed by atoms with Gasteiger partial charge in [-0.1, -0.05) is 20.8 Å². The number of hydrogen-bond donors (Lipinski definition) is 2. The third-order valence-electron chi connectivity index (χ3n) is 1.95. The van der Waals surface area contributed by atoms with Crippen LogP contribution in [-0.2, 0) is 0 Å². The third-order valence-corrected chi connectivity index (χ3v) is 3.58. The van der Waals surface area contributed by atoms with Crippen molar-refractivity contribution in [1.29, 1.82) is 0 Å². The Hall–Kier alpha value is 0.270. The molecule has 0 spiro atoms. The van der Waals surface area contributed by atoms with E-state index in [1.165, 1.54) is 5.75 Å². The Labute approximate surface area is 92.9 Å². The smallest absolute Gasteiger partial charge is 0.0468 e. The third kappa shape index (κ3) is 8.85. The van der Waals surface area contributed by atoms with Crippen LogP contribution in [0.4, 0.5) is 0 Å². The summed E-state index contributed by atoms with van der Waals surface area (Å²) >= 11 is 2.00. The van der Waals surface area contributed by atoms with Crippen LogP contribution in [0.25, 0.3) is 0 Å². The predicted octanol–water partition coefficient (Wildman–Crippen LogP) is 1.98. The number of hydrogen-bond acceptors (Lipinski definition) is 3. The molecule has 2 unspecified atom stereocenters. The Bertz CT molecular complexity index is 130. The molecule has 0 aromatic carbocycles. The molecule has 0 fully saturated rings. The van der Waals surface area contributed by atoms with Crippen molar-refractivity contribution in [1.82, 2.24) is 5.32 Å². The lowest BCUT2D eigenvalue weighted by Gasteiger charge is -2.16. The lowest BCUT2D eigenvalue weighted by atomic mass is 10.2. The second-order valence-corrected chi connectivity index (χ2v) is 5.60. The fourth-order valence-electron chi connectivity index (χ4n) is 1.01. The van der Waals surface area contributed by atoms with E-state index < -0.39 is 0 Å². The lowest BCUT2D eigenvalue weighted by molar-refractivity contribution is 0.232. The van der Waals surface area contributed by atoms with E-state index in [0.717, 1.165) is 18.2 Å². The number of rotatable bonds is 8. The quantitative estimate of drug-likeness (QED) is 0.655. The molecule has 0 saturated heterocycles. The van der Waals surface area contributed by atoms with E-state index >= 15 is 0 Å². The van der Waals surface area contributed by atoms with Crippen LogP contribution in [0.3, 0.4) is 0 Å². The minimum Gasteiger partial charge on any atom is -0.396 e. The predicted molar refractivity (Wildman–Crippen MR) is 65.9 cm³/mol. The van der Waals surface area contributed by atoms with E-state index in [9.17, 15) is 0 Å². The summed E-state index contributed by atoms with van der Waals surface area (Å²) in [5.74, 6) is 3.55. The average molecular weight is 219 g/mol. The zero-order valence-corrected chi connectivity index (χ0v) is 10.7. The van der Waals surface area contributed by atoms with Crippen LogP contribution in [0.5, 0.6) is 0 Å². The second kappa shape index (κ2) is 8.57. The van der Waals surface area contributed by atoms with Crippen molar-refractivity contribution in [3.05, 3.63) is 0 Å². The molecule has 0 aliphatic carbocycles. The Kier molecular flexibility index (Phi) is 8.73. The van der Waals surface area contributed by atoms with Crippen LogP contribution in [0, 0.1) is 11.8 Å². The van der Waals surface area contributed by atoms with Crippen LogP contribution in [0.15, 0.2) is 0 Å². The highest BCUT2D eigenvalue weighted by Crippen LogP contribution is 2.08. The molecule has 14 heavy (non-hydrogen) atoms. The summed E-state index contributed by atoms with van der Waals surface area (Å²) in [7, 11) is 0. The van der Waals surface area contributed by atoms with Gasteiger partial charge in [0.25, 0.3) is 0 Å². The minimum atomic E-state index is 0.277. The topological polar surface area (TPSA) is 32.3 Å². The monoisotopic (exact) mass is 219 g/mol. The molecule has 3 heteroatoms. The largest absolute Gasteiger partial charge is 0.396 e. The summed E-state index contributed by atoms with van der Waals surface area (Å²) in [5, 5.41) is 12.3. The molecule has 0 amide bonds. The second-order valence-electron chi connectivity index (χ2n) is 4.53. The summed E-state index contributed by atoms with van der Waals surface area (Å²) in [6.07, 6.45) is 0. The highest BCUT2D eigenvalue weighted by molar-refractivity contribution is 7.99. The first-order chi connectivity index (χ1) is 6.56. The van der Waals surface area contributed by atoms with Crippen molar-refractivity contribution in [3.63, 3.8) is 0 Å². The van der Waals surface area contributed by atoms with Crippen molar-refractivity contribution in [2.75, 3.05) is 24.7 Å². The van der Waals surface area contributed by atoms with Crippen molar-refractivity contribution in [2.24, 2.45) is 11.8 Å². The van der Waals surface area contributed by atoms with Crippen LogP contribution in [0.2, 0.25) is 0 Å². The van der Waals surface area contributed by atoms with Gasteiger partial charge in [0, 0.05) is 24.9 Å². The lowest BCUT2D eigenvalue weighted by Crippen LogP contribution is -2.33. The normalized spacial score (nSPS) is 15.9. The summed E-state index contributed by atoms with van der Waals surface area (Å²) < 4.78 is 0.